The number of hydrogen-bond donors (Lipinski definition) is 0. The Morgan fingerprint density at radius 2 is 2.05 bits per heavy atom. The highest BCUT2D eigenvalue weighted by atomic mass is 79.9. The van der Waals surface area contributed by atoms with E-state index in [-0.39, 0.29) is 12.3 Å². The summed E-state index contributed by atoms with van der Waals surface area (Å²) in [5, 5.41) is 11.4. The number of hydrogen-bond acceptors (Lipinski definition) is 4. The zero-order valence-corrected chi connectivity index (χ0v) is 13.0. The molecule has 0 fully saturated rings. The van der Waals surface area contributed by atoms with Gasteiger partial charge in [-0.15, -0.1) is 0 Å². The van der Waals surface area contributed by atoms with E-state index >= 15 is 0 Å². The Morgan fingerprint density at radius 1 is 1.24 bits per heavy atom. The van der Waals surface area contributed by atoms with Gasteiger partial charge in [-0.25, -0.2) is 0 Å². The Kier molecular flexibility index (Phi) is 5.16. The zero-order valence-electron chi connectivity index (χ0n) is 11.4. The van der Waals surface area contributed by atoms with Crippen molar-refractivity contribution in [3.63, 3.8) is 0 Å². The summed E-state index contributed by atoms with van der Waals surface area (Å²) in [4.78, 5) is 10.3. The van der Waals surface area contributed by atoms with Crippen molar-refractivity contribution < 1.29 is 14.4 Å². The first kappa shape index (κ1) is 15.3. The molecular formula is C15H14BrNO4. The van der Waals surface area contributed by atoms with Crippen LogP contribution in [0.1, 0.15) is 11.1 Å². The van der Waals surface area contributed by atoms with Crippen LogP contribution in [0.3, 0.4) is 0 Å². The lowest BCUT2D eigenvalue weighted by atomic mass is 10.2. The minimum atomic E-state index is -0.416. The maximum atomic E-state index is 10.7. The smallest absolute Gasteiger partial charge is 0.269 e. The highest BCUT2D eigenvalue weighted by Gasteiger charge is 2.08. The molecule has 0 spiro atoms. The molecule has 0 radical (unpaired) electrons. The molecule has 0 heterocycles. The predicted molar refractivity (Wildman–Crippen MR) is 83.1 cm³/mol. The molecule has 0 aliphatic carbocycles. The van der Waals surface area contributed by atoms with Gasteiger partial charge in [0.2, 0.25) is 0 Å². The van der Waals surface area contributed by atoms with Gasteiger partial charge in [-0.2, -0.15) is 0 Å². The highest BCUT2D eigenvalue weighted by molar-refractivity contribution is 9.08. The van der Waals surface area contributed by atoms with Crippen molar-refractivity contribution in [1.29, 1.82) is 0 Å². The first-order valence-electron chi connectivity index (χ1n) is 6.23. The first-order valence-corrected chi connectivity index (χ1v) is 7.35. The molecule has 0 N–H and O–H groups in total. The third kappa shape index (κ3) is 3.95. The van der Waals surface area contributed by atoms with Gasteiger partial charge in [0.05, 0.1) is 12.0 Å². The molecule has 0 saturated heterocycles. The van der Waals surface area contributed by atoms with Crippen LogP contribution in [0.25, 0.3) is 0 Å². The topological polar surface area (TPSA) is 61.6 Å². The third-order valence-corrected chi connectivity index (χ3v) is 3.53. The summed E-state index contributed by atoms with van der Waals surface area (Å²) in [6.07, 6.45) is 0. The average molecular weight is 352 g/mol. The lowest BCUT2D eigenvalue weighted by molar-refractivity contribution is -0.384. The second-order valence-electron chi connectivity index (χ2n) is 4.32. The lowest BCUT2D eigenvalue weighted by Crippen LogP contribution is -1.99. The highest BCUT2D eigenvalue weighted by Crippen LogP contribution is 2.27. The molecule has 2 aromatic rings. The van der Waals surface area contributed by atoms with E-state index in [0.717, 1.165) is 22.6 Å². The van der Waals surface area contributed by atoms with Crippen LogP contribution >= 0.6 is 15.9 Å². The monoisotopic (exact) mass is 351 g/mol. The molecule has 0 unspecified atom stereocenters. The molecule has 0 atom stereocenters. The third-order valence-electron chi connectivity index (χ3n) is 2.93. The van der Waals surface area contributed by atoms with Crippen molar-refractivity contribution >= 4 is 21.6 Å². The second kappa shape index (κ2) is 7.08. The van der Waals surface area contributed by atoms with Crippen molar-refractivity contribution in [2.24, 2.45) is 0 Å². The molecular weight excluding hydrogens is 338 g/mol. The zero-order chi connectivity index (χ0) is 15.2. The minimum Gasteiger partial charge on any atom is -0.497 e. The fraction of sp³-hybridized carbons (Fsp3) is 0.200. The average Bonchev–Trinajstić information content (AvgIpc) is 2.53. The number of rotatable bonds is 6. The van der Waals surface area contributed by atoms with Crippen molar-refractivity contribution in [3.05, 3.63) is 63.7 Å². The van der Waals surface area contributed by atoms with E-state index in [0.29, 0.717) is 5.33 Å². The van der Waals surface area contributed by atoms with E-state index in [9.17, 15) is 10.1 Å². The van der Waals surface area contributed by atoms with Gasteiger partial charge in [0.25, 0.3) is 5.69 Å². The quantitative estimate of drug-likeness (QED) is 0.447. The second-order valence-corrected chi connectivity index (χ2v) is 4.88. The number of ether oxygens (including phenoxy) is 2. The molecule has 2 aromatic carbocycles. The van der Waals surface area contributed by atoms with Crippen LogP contribution < -0.4 is 9.47 Å². The number of nitrogens with zero attached hydrogens (tertiary/aromatic N) is 1. The number of benzene rings is 2. The van der Waals surface area contributed by atoms with E-state index in [4.69, 9.17) is 9.47 Å². The van der Waals surface area contributed by atoms with E-state index in [1.807, 2.05) is 18.2 Å². The van der Waals surface area contributed by atoms with Gasteiger partial charge in [0.15, 0.2) is 0 Å². The van der Waals surface area contributed by atoms with Crippen LogP contribution in [0.2, 0.25) is 0 Å². The largest absolute Gasteiger partial charge is 0.497 e. The summed E-state index contributed by atoms with van der Waals surface area (Å²) < 4.78 is 10.9. The van der Waals surface area contributed by atoms with E-state index < -0.39 is 4.92 Å². The molecule has 0 amide bonds. The van der Waals surface area contributed by atoms with Crippen molar-refractivity contribution in [2.45, 2.75) is 11.9 Å². The summed E-state index contributed by atoms with van der Waals surface area (Å²) in [6.45, 7) is 0.272. The molecule has 0 saturated carbocycles. The van der Waals surface area contributed by atoms with Gasteiger partial charge >= 0.3 is 0 Å². The SMILES string of the molecule is COc1ccc(OCc2cccc([N+](=O)[O-])c2)c(CBr)c1. The molecule has 0 aliphatic heterocycles. The number of nitro groups is 1. The molecule has 0 aliphatic rings. The number of methoxy groups -OCH3 is 1. The van der Waals surface area contributed by atoms with Gasteiger partial charge in [-0.1, -0.05) is 28.1 Å². The molecule has 5 nitrogen and oxygen atoms in total. The summed E-state index contributed by atoms with van der Waals surface area (Å²) in [5.74, 6) is 1.48. The summed E-state index contributed by atoms with van der Waals surface area (Å²) >= 11 is 3.40. The van der Waals surface area contributed by atoms with Crippen molar-refractivity contribution in [3.8, 4) is 11.5 Å². The summed E-state index contributed by atoms with van der Waals surface area (Å²) in [6, 6.07) is 11.9. The predicted octanol–water partition coefficient (Wildman–Crippen LogP) is 4.08. The fourth-order valence-corrected chi connectivity index (χ4v) is 2.29. The Bertz CT molecular complexity index is 645. The normalized spacial score (nSPS) is 10.2. The van der Waals surface area contributed by atoms with E-state index in [1.54, 1.807) is 19.2 Å². The van der Waals surface area contributed by atoms with Crippen molar-refractivity contribution in [2.75, 3.05) is 7.11 Å². The van der Waals surface area contributed by atoms with Gasteiger partial charge in [-0.3, -0.25) is 10.1 Å². The molecule has 0 aromatic heterocycles. The van der Waals surface area contributed by atoms with Crippen molar-refractivity contribution in [1.82, 2.24) is 0 Å². The molecule has 110 valence electrons. The van der Waals surface area contributed by atoms with E-state index in [1.165, 1.54) is 12.1 Å². The number of nitro benzene ring substituents is 1. The Morgan fingerprint density at radius 3 is 2.71 bits per heavy atom. The van der Waals surface area contributed by atoms with Crippen LogP contribution in [-0.4, -0.2) is 12.0 Å². The van der Waals surface area contributed by atoms with Crippen LogP contribution in [0.4, 0.5) is 5.69 Å². The standard InChI is InChI=1S/C15H14BrNO4/c1-20-14-5-6-15(12(8-14)9-16)21-10-11-3-2-4-13(7-11)17(18)19/h2-8H,9-10H2,1H3. The lowest BCUT2D eigenvalue weighted by Gasteiger charge is -2.11. The summed E-state index contributed by atoms with van der Waals surface area (Å²) in [7, 11) is 1.61. The van der Waals surface area contributed by atoms with Gasteiger partial charge in [-0.05, 0) is 23.8 Å². The van der Waals surface area contributed by atoms with Crippen LogP contribution in [0, 0.1) is 10.1 Å². The number of non-ortho nitro benzene ring substituents is 1. The maximum absolute atomic E-state index is 10.7. The van der Waals surface area contributed by atoms with Gasteiger partial charge in [0, 0.05) is 23.0 Å². The Balaban J connectivity index is 2.12. The Hall–Kier alpha value is -2.08. The Labute approximate surface area is 130 Å². The van der Waals surface area contributed by atoms with Gasteiger partial charge in [0.1, 0.15) is 18.1 Å². The van der Waals surface area contributed by atoms with E-state index in [2.05, 4.69) is 15.9 Å². The van der Waals surface area contributed by atoms with Gasteiger partial charge < -0.3 is 9.47 Å². The molecule has 21 heavy (non-hydrogen) atoms. The summed E-state index contributed by atoms with van der Waals surface area (Å²) in [5.41, 5.74) is 1.77. The minimum absolute atomic E-state index is 0.0616. The van der Waals surface area contributed by atoms with Crippen LogP contribution in [-0.2, 0) is 11.9 Å². The fourth-order valence-electron chi connectivity index (χ4n) is 1.85. The van der Waals surface area contributed by atoms with Crippen LogP contribution in [0.5, 0.6) is 11.5 Å². The van der Waals surface area contributed by atoms with Crippen LogP contribution in [0.15, 0.2) is 42.5 Å². The molecule has 2 rings (SSSR count). The maximum Gasteiger partial charge on any atom is 0.269 e. The number of alkyl halides is 1. The molecule has 0 bridgehead atoms. The number of halogens is 1. The molecule has 6 heteroatoms. The first-order chi connectivity index (χ1) is 10.1.